The summed E-state index contributed by atoms with van der Waals surface area (Å²) in [6, 6.07) is 5.75. The molecule has 1 aromatic carbocycles. The summed E-state index contributed by atoms with van der Waals surface area (Å²) in [6.45, 7) is 0.148. The van der Waals surface area contributed by atoms with Crippen molar-refractivity contribution in [3.63, 3.8) is 0 Å². The standard InChI is InChI=1S/C11H9F2NOS/c12-9-4-7(14)5-10(13)11(9)15-6-8-2-1-3-16-8/h1-5H,6,14H2. The van der Waals surface area contributed by atoms with Crippen LogP contribution in [0.5, 0.6) is 5.75 Å². The Morgan fingerprint density at radius 1 is 1.25 bits per heavy atom. The highest BCUT2D eigenvalue weighted by Crippen LogP contribution is 2.25. The van der Waals surface area contributed by atoms with Gasteiger partial charge in [0.1, 0.15) is 6.61 Å². The van der Waals surface area contributed by atoms with Gasteiger partial charge in [0.15, 0.2) is 17.4 Å². The van der Waals surface area contributed by atoms with Crippen molar-refractivity contribution in [2.45, 2.75) is 6.61 Å². The van der Waals surface area contributed by atoms with Crippen LogP contribution in [0.15, 0.2) is 29.6 Å². The molecule has 0 saturated carbocycles. The Hall–Kier alpha value is -1.62. The summed E-state index contributed by atoms with van der Waals surface area (Å²) >= 11 is 1.46. The summed E-state index contributed by atoms with van der Waals surface area (Å²) in [6.07, 6.45) is 0. The third kappa shape index (κ3) is 2.30. The van der Waals surface area contributed by atoms with E-state index in [2.05, 4.69) is 0 Å². The molecule has 0 saturated heterocycles. The molecule has 0 aliphatic carbocycles. The minimum absolute atomic E-state index is 0.0403. The lowest BCUT2D eigenvalue weighted by atomic mass is 10.3. The fourth-order valence-electron chi connectivity index (χ4n) is 1.26. The van der Waals surface area contributed by atoms with E-state index >= 15 is 0 Å². The molecular weight excluding hydrogens is 232 g/mol. The molecular formula is C11H9F2NOS. The number of thiophene rings is 1. The summed E-state index contributed by atoms with van der Waals surface area (Å²) in [4.78, 5) is 0.899. The van der Waals surface area contributed by atoms with Gasteiger partial charge >= 0.3 is 0 Å². The Morgan fingerprint density at radius 2 is 1.94 bits per heavy atom. The Balaban J connectivity index is 2.15. The first-order chi connectivity index (χ1) is 7.66. The lowest BCUT2D eigenvalue weighted by molar-refractivity contribution is 0.277. The Bertz CT molecular complexity index is 462. The number of hydrogen-bond donors (Lipinski definition) is 1. The molecule has 0 radical (unpaired) electrons. The van der Waals surface area contributed by atoms with Gasteiger partial charge in [-0.1, -0.05) is 6.07 Å². The Kier molecular flexibility index (Phi) is 3.05. The second kappa shape index (κ2) is 4.49. The van der Waals surface area contributed by atoms with Crippen LogP contribution < -0.4 is 10.5 Å². The fraction of sp³-hybridized carbons (Fsp3) is 0.0909. The average Bonchev–Trinajstić information content (AvgIpc) is 2.68. The van der Waals surface area contributed by atoms with Gasteiger partial charge in [-0.2, -0.15) is 0 Å². The molecule has 2 N–H and O–H groups in total. The van der Waals surface area contributed by atoms with Gasteiger partial charge in [-0.15, -0.1) is 11.3 Å². The van der Waals surface area contributed by atoms with Crippen molar-refractivity contribution >= 4 is 17.0 Å². The summed E-state index contributed by atoms with van der Waals surface area (Å²) in [5.74, 6) is -1.95. The van der Waals surface area contributed by atoms with E-state index in [4.69, 9.17) is 10.5 Å². The highest BCUT2D eigenvalue weighted by molar-refractivity contribution is 7.09. The Labute approximate surface area is 95.3 Å². The minimum atomic E-state index is -0.783. The van der Waals surface area contributed by atoms with Crippen molar-refractivity contribution in [2.75, 3.05) is 5.73 Å². The van der Waals surface area contributed by atoms with Crippen molar-refractivity contribution < 1.29 is 13.5 Å². The summed E-state index contributed by atoms with van der Waals surface area (Å²) < 4.78 is 31.7. The summed E-state index contributed by atoms with van der Waals surface area (Å²) in [5, 5.41) is 1.87. The predicted octanol–water partition coefficient (Wildman–Crippen LogP) is 3.19. The second-order valence-corrected chi connectivity index (χ2v) is 4.21. The highest BCUT2D eigenvalue weighted by atomic mass is 32.1. The number of nitrogen functional groups attached to an aromatic ring is 1. The first-order valence-corrected chi connectivity index (χ1v) is 5.44. The van der Waals surface area contributed by atoms with Crippen LogP contribution >= 0.6 is 11.3 Å². The van der Waals surface area contributed by atoms with Crippen LogP contribution in [-0.2, 0) is 6.61 Å². The van der Waals surface area contributed by atoms with E-state index in [0.717, 1.165) is 17.0 Å². The van der Waals surface area contributed by atoms with Gasteiger partial charge in [0.2, 0.25) is 0 Å². The maximum atomic E-state index is 13.3. The van der Waals surface area contributed by atoms with Crippen molar-refractivity contribution in [3.05, 3.63) is 46.2 Å². The van der Waals surface area contributed by atoms with Crippen LogP contribution in [0, 0.1) is 11.6 Å². The summed E-state index contributed by atoms with van der Waals surface area (Å²) in [5.41, 5.74) is 5.33. The molecule has 0 aliphatic rings. The van der Waals surface area contributed by atoms with Crippen molar-refractivity contribution in [1.29, 1.82) is 0 Å². The molecule has 0 spiro atoms. The van der Waals surface area contributed by atoms with E-state index in [1.54, 1.807) is 0 Å². The molecule has 84 valence electrons. The van der Waals surface area contributed by atoms with Gasteiger partial charge in [0, 0.05) is 22.7 Å². The van der Waals surface area contributed by atoms with E-state index < -0.39 is 11.6 Å². The molecule has 0 bridgehead atoms. The van der Waals surface area contributed by atoms with Crippen LogP contribution in [0.3, 0.4) is 0 Å². The van der Waals surface area contributed by atoms with Gasteiger partial charge < -0.3 is 10.5 Å². The van der Waals surface area contributed by atoms with E-state index in [1.165, 1.54) is 11.3 Å². The third-order valence-corrected chi connectivity index (χ3v) is 2.81. The van der Waals surface area contributed by atoms with Crippen LogP contribution in [0.4, 0.5) is 14.5 Å². The first kappa shape index (κ1) is 10.9. The van der Waals surface area contributed by atoms with Gasteiger partial charge in [-0.05, 0) is 11.4 Å². The molecule has 1 aromatic heterocycles. The number of benzene rings is 1. The number of nitrogens with two attached hydrogens (primary N) is 1. The molecule has 1 heterocycles. The Morgan fingerprint density at radius 3 is 2.50 bits per heavy atom. The fourth-order valence-corrected chi connectivity index (χ4v) is 1.87. The van der Waals surface area contributed by atoms with Gasteiger partial charge in [-0.3, -0.25) is 0 Å². The van der Waals surface area contributed by atoms with Crippen LogP contribution in [0.25, 0.3) is 0 Å². The van der Waals surface area contributed by atoms with E-state index in [0.29, 0.717) is 0 Å². The smallest absolute Gasteiger partial charge is 0.191 e. The lowest BCUT2D eigenvalue weighted by Gasteiger charge is -2.07. The maximum Gasteiger partial charge on any atom is 0.191 e. The molecule has 0 amide bonds. The van der Waals surface area contributed by atoms with Crippen LogP contribution in [0.1, 0.15) is 4.88 Å². The van der Waals surface area contributed by atoms with Gasteiger partial charge in [-0.25, -0.2) is 8.78 Å². The number of rotatable bonds is 3. The SMILES string of the molecule is Nc1cc(F)c(OCc2cccs2)c(F)c1. The zero-order chi connectivity index (χ0) is 11.5. The largest absolute Gasteiger partial charge is 0.482 e. The topological polar surface area (TPSA) is 35.2 Å². The van der Waals surface area contributed by atoms with Crippen LogP contribution in [-0.4, -0.2) is 0 Å². The molecule has 2 nitrogen and oxygen atoms in total. The zero-order valence-corrected chi connectivity index (χ0v) is 9.06. The second-order valence-electron chi connectivity index (χ2n) is 3.18. The van der Waals surface area contributed by atoms with Crippen molar-refractivity contribution in [3.8, 4) is 5.75 Å². The summed E-state index contributed by atoms with van der Waals surface area (Å²) in [7, 11) is 0. The van der Waals surface area contributed by atoms with Crippen molar-refractivity contribution in [2.24, 2.45) is 0 Å². The molecule has 2 rings (SSSR count). The number of ether oxygens (including phenoxy) is 1. The molecule has 2 aromatic rings. The maximum absolute atomic E-state index is 13.3. The van der Waals surface area contributed by atoms with E-state index in [-0.39, 0.29) is 18.0 Å². The van der Waals surface area contributed by atoms with E-state index in [1.807, 2.05) is 17.5 Å². The highest BCUT2D eigenvalue weighted by Gasteiger charge is 2.11. The number of halogens is 2. The molecule has 0 fully saturated rings. The monoisotopic (exact) mass is 241 g/mol. The molecule has 0 unspecified atom stereocenters. The van der Waals surface area contributed by atoms with Crippen LogP contribution in [0.2, 0.25) is 0 Å². The first-order valence-electron chi connectivity index (χ1n) is 4.56. The zero-order valence-electron chi connectivity index (χ0n) is 8.24. The number of hydrogen-bond acceptors (Lipinski definition) is 3. The van der Waals surface area contributed by atoms with Gasteiger partial charge in [0.05, 0.1) is 0 Å². The lowest BCUT2D eigenvalue weighted by Crippen LogP contribution is -2.00. The van der Waals surface area contributed by atoms with Gasteiger partial charge in [0.25, 0.3) is 0 Å². The molecule has 16 heavy (non-hydrogen) atoms. The average molecular weight is 241 g/mol. The van der Waals surface area contributed by atoms with E-state index in [9.17, 15) is 8.78 Å². The predicted molar refractivity (Wildman–Crippen MR) is 59.4 cm³/mol. The molecule has 0 atom stereocenters. The normalized spacial score (nSPS) is 10.4. The third-order valence-electron chi connectivity index (χ3n) is 1.96. The molecule has 5 heteroatoms. The van der Waals surface area contributed by atoms with Crippen molar-refractivity contribution in [1.82, 2.24) is 0 Å². The quantitative estimate of drug-likeness (QED) is 0.837. The molecule has 0 aliphatic heterocycles. The number of anilines is 1. The minimum Gasteiger partial charge on any atom is -0.482 e.